The molecule has 0 aliphatic carbocycles. The Bertz CT molecular complexity index is 1070. The molecule has 0 fully saturated rings. The first-order chi connectivity index (χ1) is 14.0. The average molecular weight is 395 g/mol. The second-order valence-corrected chi connectivity index (χ2v) is 5.74. The van der Waals surface area contributed by atoms with Crippen LogP contribution in [0.15, 0.2) is 64.1 Å². The lowest BCUT2D eigenvalue weighted by molar-refractivity contribution is -0.384. The van der Waals surface area contributed by atoms with Crippen LogP contribution in [0, 0.1) is 10.1 Å². The number of rotatable bonds is 7. The minimum absolute atomic E-state index is 0.0852. The largest absolute Gasteiger partial charge is 0.496 e. The maximum Gasteiger partial charge on any atom is 0.275 e. The monoisotopic (exact) mass is 395 g/mol. The van der Waals surface area contributed by atoms with Crippen molar-refractivity contribution < 1.29 is 23.6 Å². The van der Waals surface area contributed by atoms with E-state index in [1.807, 2.05) is 0 Å². The Hall–Kier alpha value is -4.14. The van der Waals surface area contributed by atoms with Crippen LogP contribution in [0.1, 0.15) is 16.1 Å². The number of furan rings is 1. The standard InChI is InChI=1S/C20H17N3O6/c1-27-17-6-4-3-5-16(17)20(24)22-21-12-14-8-10-18(29-14)15-9-7-13(23(25)26)11-19(15)28-2/h3-12H,1-2H3,(H,22,24)/b21-12+. The first-order valence-corrected chi connectivity index (χ1v) is 8.42. The fraction of sp³-hybridized carbons (Fsp3) is 0.100. The number of para-hydroxylation sites is 1. The molecule has 9 heteroatoms. The van der Waals surface area contributed by atoms with Crippen molar-refractivity contribution in [1.29, 1.82) is 0 Å². The van der Waals surface area contributed by atoms with Crippen molar-refractivity contribution in [2.24, 2.45) is 5.10 Å². The summed E-state index contributed by atoms with van der Waals surface area (Å²) in [5.74, 6) is 1.13. The maximum atomic E-state index is 12.2. The highest BCUT2D eigenvalue weighted by atomic mass is 16.6. The molecule has 1 aromatic heterocycles. The van der Waals surface area contributed by atoms with Crippen molar-refractivity contribution in [2.75, 3.05) is 14.2 Å². The van der Waals surface area contributed by atoms with E-state index in [1.54, 1.807) is 42.5 Å². The lowest BCUT2D eigenvalue weighted by atomic mass is 10.1. The number of benzene rings is 2. The quantitative estimate of drug-likeness (QED) is 0.371. The lowest BCUT2D eigenvalue weighted by Crippen LogP contribution is -2.18. The van der Waals surface area contributed by atoms with E-state index in [4.69, 9.17) is 13.9 Å². The Kier molecular flexibility index (Phi) is 5.88. The number of nitro benzene ring substituents is 1. The number of amides is 1. The Labute approximate surface area is 165 Å². The van der Waals surface area contributed by atoms with Gasteiger partial charge in [-0.1, -0.05) is 12.1 Å². The van der Waals surface area contributed by atoms with Crippen LogP contribution in [0.25, 0.3) is 11.3 Å². The summed E-state index contributed by atoms with van der Waals surface area (Å²) in [6.07, 6.45) is 1.34. The molecule has 1 heterocycles. The molecule has 0 atom stereocenters. The summed E-state index contributed by atoms with van der Waals surface area (Å²) in [7, 11) is 2.90. The SMILES string of the molecule is COc1ccccc1C(=O)N/N=C/c1ccc(-c2ccc([N+](=O)[O-])cc2OC)o1. The molecule has 0 aliphatic rings. The smallest absolute Gasteiger partial charge is 0.275 e. The van der Waals surface area contributed by atoms with Crippen molar-refractivity contribution in [3.63, 3.8) is 0 Å². The van der Waals surface area contributed by atoms with Crippen LogP contribution in [-0.2, 0) is 0 Å². The number of methoxy groups -OCH3 is 2. The molecule has 148 valence electrons. The van der Waals surface area contributed by atoms with Crippen molar-refractivity contribution in [3.8, 4) is 22.8 Å². The van der Waals surface area contributed by atoms with E-state index in [0.717, 1.165) is 0 Å². The van der Waals surface area contributed by atoms with Crippen LogP contribution in [0.4, 0.5) is 5.69 Å². The summed E-state index contributed by atoms with van der Waals surface area (Å²) in [6.45, 7) is 0. The molecule has 29 heavy (non-hydrogen) atoms. The minimum atomic E-state index is -0.503. The molecule has 9 nitrogen and oxygen atoms in total. The number of hydrazone groups is 1. The average Bonchev–Trinajstić information content (AvgIpc) is 3.21. The van der Waals surface area contributed by atoms with Crippen molar-refractivity contribution in [3.05, 3.63) is 76.0 Å². The highest BCUT2D eigenvalue weighted by molar-refractivity contribution is 5.97. The van der Waals surface area contributed by atoms with E-state index in [-0.39, 0.29) is 5.69 Å². The molecular weight excluding hydrogens is 378 g/mol. The zero-order chi connectivity index (χ0) is 20.8. The Morgan fingerprint density at radius 1 is 1.10 bits per heavy atom. The summed E-state index contributed by atoms with van der Waals surface area (Å²) in [5.41, 5.74) is 3.22. The number of carbonyl (C=O) groups excluding carboxylic acids is 1. The predicted molar refractivity (Wildman–Crippen MR) is 105 cm³/mol. The minimum Gasteiger partial charge on any atom is -0.496 e. The predicted octanol–water partition coefficient (Wildman–Crippen LogP) is 3.64. The number of non-ortho nitro benzene ring substituents is 1. The fourth-order valence-corrected chi connectivity index (χ4v) is 2.61. The van der Waals surface area contributed by atoms with Crippen molar-refractivity contribution in [2.45, 2.75) is 0 Å². The second kappa shape index (κ2) is 8.70. The molecule has 0 aliphatic heterocycles. The van der Waals surface area contributed by atoms with Gasteiger partial charge >= 0.3 is 0 Å². The Morgan fingerprint density at radius 3 is 2.59 bits per heavy atom. The normalized spacial score (nSPS) is 10.7. The van der Waals surface area contributed by atoms with E-state index in [0.29, 0.717) is 34.1 Å². The second-order valence-electron chi connectivity index (χ2n) is 5.74. The molecule has 0 unspecified atom stereocenters. The van der Waals surface area contributed by atoms with E-state index < -0.39 is 10.8 Å². The van der Waals surface area contributed by atoms with Gasteiger partial charge in [0.2, 0.25) is 0 Å². The molecule has 0 bridgehead atoms. The zero-order valence-electron chi connectivity index (χ0n) is 15.6. The van der Waals surface area contributed by atoms with Crippen LogP contribution < -0.4 is 14.9 Å². The van der Waals surface area contributed by atoms with Gasteiger partial charge in [0.15, 0.2) is 0 Å². The molecule has 3 aromatic rings. The number of hydrogen-bond donors (Lipinski definition) is 1. The van der Waals surface area contributed by atoms with Gasteiger partial charge in [0, 0.05) is 6.07 Å². The van der Waals surface area contributed by atoms with Gasteiger partial charge in [-0.15, -0.1) is 0 Å². The summed E-state index contributed by atoms with van der Waals surface area (Å²) in [4.78, 5) is 22.6. The first-order valence-electron chi connectivity index (χ1n) is 8.42. The molecule has 1 N–H and O–H groups in total. The van der Waals surface area contributed by atoms with Crippen LogP contribution in [0.5, 0.6) is 11.5 Å². The van der Waals surface area contributed by atoms with Crippen molar-refractivity contribution >= 4 is 17.8 Å². The van der Waals surface area contributed by atoms with Crippen LogP contribution in [-0.4, -0.2) is 31.3 Å². The van der Waals surface area contributed by atoms with Gasteiger partial charge in [-0.25, -0.2) is 5.43 Å². The summed E-state index contributed by atoms with van der Waals surface area (Å²) < 4.78 is 16.0. The highest BCUT2D eigenvalue weighted by Gasteiger charge is 2.15. The first kappa shape index (κ1) is 19.6. The van der Waals surface area contributed by atoms with E-state index in [2.05, 4.69) is 10.5 Å². The Morgan fingerprint density at radius 2 is 1.86 bits per heavy atom. The van der Waals surface area contributed by atoms with Gasteiger partial charge < -0.3 is 13.9 Å². The fourth-order valence-electron chi connectivity index (χ4n) is 2.61. The van der Waals surface area contributed by atoms with Gasteiger partial charge in [-0.3, -0.25) is 14.9 Å². The van der Waals surface area contributed by atoms with Gasteiger partial charge in [-0.05, 0) is 30.3 Å². The van der Waals surface area contributed by atoms with Crippen molar-refractivity contribution in [1.82, 2.24) is 5.43 Å². The third-order valence-corrected chi connectivity index (χ3v) is 4.00. The topological polar surface area (TPSA) is 116 Å². The Balaban J connectivity index is 1.74. The number of nitro groups is 1. The number of carbonyl (C=O) groups is 1. The zero-order valence-corrected chi connectivity index (χ0v) is 15.6. The van der Waals surface area contributed by atoms with E-state index in [1.165, 1.54) is 32.6 Å². The highest BCUT2D eigenvalue weighted by Crippen LogP contribution is 2.34. The van der Waals surface area contributed by atoms with Gasteiger partial charge in [0.05, 0.1) is 42.6 Å². The maximum absolute atomic E-state index is 12.2. The van der Waals surface area contributed by atoms with Gasteiger partial charge in [0.1, 0.15) is 23.0 Å². The molecule has 0 saturated heterocycles. The van der Waals surface area contributed by atoms with Gasteiger partial charge in [-0.2, -0.15) is 5.10 Å². The molecule has 2 aromatic carbocycles. The molecule has 3 rings (SSSR count). The lowest BCUT2D eigenvalue weighted by Gasteiger charge is -2.06. The van der Waals surface area contributed by atoms with Crippen LogP contribution >= 0.6 is 0 Å². The molecule has 0 spiro atoms. The van der Waals surface area contributed by atoms with E-state index >= 15 is 0 Å². The van der Waals surface area contributed by atoms with Gasteiger partial charge in [0.25, 0.3) is 11.6 Å². The molecule has 0 radical (unpaired) electrons. The summed E-state index contributed by atoms with van der Waals surface area (Å²) >= 11 is 0. The van der Waals surface area contributed by atoms with Crippen LogP contribution in [0.2, 0.25) is 0 Å². The molecular formula is C20H17N3O6. The summed E-state index contributed by atoms with van der Waals surface area (Å²) in [5, 5.41) is 14.8. The summed E-state index contributed by atoms with van der Waals surface area (Å²) in [6, 6.07) is 14.3. The van der Waals surface area contributed by atoms with Crippen LogP contribution in [0.3, 0.4) is 0 Å². The third-order valence-electron chi connectivity index (χ3n) is 4.00. The number of nitrogens with one attached hydrogen (secondary N) is 1. The number of ether oxygens (including phenoxy) is 2. The number of nitrogens with zero attached hydrogens (tertiary/aromatic N) is 2. The number of hydrogen-bond acceptors (Lipinski definition) is 7. The molecule has 0 saturated carbocycles. The van der Waals surface area contributed by atoms with E-state index in [9.17, 15) is 14.9 Å². The molecule has 1 amide bonds. The third kappa shape index (κ3) is 4.41.